The van der Waals surface area contributed by atoms with Crippen molar-refractivity contribution in [1.29, 1.82) is 0 Å². The van der Waals surface area contributed by atoms with Gasteiger partial charge in [0, 0.05) is 25.3 Å². The Morgan fingerprint density at radius 1 is 1.22 bits per heavy atom. The summed E-state index contributed by atoms with van der Waals surface area (Å²) in [6.45, 7) is 3.79. The number of nitrogens with two attached hydrogens (primary N) is 1. The zero-order valence-electron chi connectivity index (χ0n) is 11.0. The first-order valence-corrected chi connectivity index (χ1v) is 7.20. The summed E-state index contributed by atoms with van der Waals surface area (Å²) in [5, 5.41) is 8.15. The van der Waals surface area contributed by atoms with Gasteiger partial charge in [-0.15, -0.1) is 5.10 Å². The van der Waals surface area contributed by atoms with Crippen LogP contribution in [0.5, 0.6) is 0 Å². The molecule has 1 aliphatic heterocycles. The maximum absolute atomic E-state index is 5.55. The molecule has 0 bridgehead atoms. The van der Waals surface area contributed by atoms with E-state index < -0.39 is 0 Å². The summed E-state index contributed by atoms with van der Waals surface area (Å²) in [7, 11) is 0. The molecule has 3 rings (SSSR count). The molecule has 5 heteroatoms. The summed E-state index contributed by atoms with van der Waals surface area (Å²) >= 11 is 0. The van der Waals surface area contributed by atoms with Gasteiger partial charge in [-0.05, 0) is 38.1 Å². The number of fused-ring (bicyclic) bond motifs is 1. The molecule has 1 aromatic heterocycles. The molecular formula is C13H23N5. The second kappa shape index (κ2) is 5.36. The maximum atomic E-state index is 5.55. The Labute approximate surface area is 108 Å². The molecule has 5 nitrogen and oxygen atoms in total. The minimum atomic E-state index is 0.481. The monoisotopic (exact) mass is 249 g/mol. The van der Waals surface area contributed by atoms with Crippen LogP contribution in [0.2, 0.25) is 0 Å². The molecule has 2 atom stereocenters. The lowest BCUT2D eigenvalue weighted by Gasteiger charge is -2.37. The first kappa shape index (κ1) is 12.1. The number of hydrogen-bond donors (Lipinski definition) is 1. The van der Waals surface area contributed by atoms with Crippen LogP contribution in [-0.2, 0) is 13.1 Å². The van der Waals surface area contributed by atoms with E-state index in [4.69, 9.17) is 5.73 Å². The third-order valence-electron chi connectivity index (χ3n) is 4.52. The molecule has 1 aliphatic carbocycles. The molecule has 0 amide bonds. The molecule has 1 aromatic rings. The van der Waals surface area contributed by atoms with E-state index in [1.54, 1.807) is 0 Å². The van der Waals surface area contributed by atoms with E-state index in [1.165, 1.54) is 38.6 Å². The van der Waals surface area contributed by atoms with Crippen molar-refractivity contribution in [3.05, 3.63) is 11.9 Å². The van der Waals surface area contributed by atoms with E-state index >= 15 is 0 Å². The lowest BCUT2D eigenvalue weighted by Crippen LogP contribution is -2.43. The van der Waals surface area contributed by atoms with Gasteiger partial charge < -0.3 is 5.73 Å². The zero-order chi connectivity index (χ0) is 12.4. The highest BCUT2D eigenvalue weighted by molar-refractivity contribution is 4.91. The SMILES string of the molecule is NCc1cn(CCN2CCCC3CCCC32)nn1. The van der Waals surface area contributed by atoms with Gasteiger partial charge in [0.25, 0.3) is 0 Å². The fourth-order valence-corrected chi connectivity index (χ4v) is 3.61. The van der Waals surface area contributed by atoms with Crippen LogP contribution in [0.3, 0.4) is 0 Å². The van der Waals surface area contributed by atoms with Crippen molar-refractivity contribution in [2.75, 3.05) is 13.1 Å². The first-order valence-electron chi connectivity index (χ1n) is 7.20. The van der Waals surface area contributed by atoms with Crippen LogP contribution in [0.25, 0.3) is 0 Å². The Morgan fingerprint density at radius 2 is 2.11 bits per heavy atom. The van der Waals surface area contributed by atoms with Gasteiger partial charge in [0.2, 0.25) is 0 Å². The topological polar surface area (TPSA) is 60.0 Å². The zero-order valence-corrected chi connectivity index (χ0v) is 11.0. The number of aromatic nitrogens is 3. The summed E-state index contributed by atoms with van der Waals surface area (Å²) in [6, 6.07) is 0.844. The number of hydrogen-bond acceptors (Lipinski definition) is 4. The average Bonchev–Trinajstić information content (AvgIpc) is 3.05. The lowest BCUT2D eigenvalue weighted by molar-refractivity contribution is 0.107. The molecule has 0 spiro atoms. The minimum Gasteiger partial charge on any atom is -0.325 e. The Hall–Kier alpha value is -0.940. The van der Waals surface area contributed by atoms with Crippen molar-refractivity contribution in [1.82, 2.24) is 19.9 Å². The molecule has 100 valence electrons. The van der Waals surface area contributed by atoms with E-state index in [2.05, 4.69) is 15.2 Å². The standard InChI is InChI=1S/C13H23N5/c14-9-12-10-18(16-15-12)8-7-17-6-2-4-11-3-1-5-13(11)17/h10-11,13H,1-9,14H2. The molecule has 0 aromatic carbocycles. The van der Waals surface area contributed by atoms with E-state index in [0.29, 0.717) is 6.54 Å². The van der Waals surface area contributed by atoms with Crippen LogP contribution in [0.1, 0.15) is 37.8 Å². The summed E-state index contributed by atoms with van der Waals surface area (Å²) in [5.74, 6) is 0.967. The highest BCUT2D eigenvalue weighted by Gasteiger charge is 2.34. The smallest absolute Gasteiger partial charge is 0.0962 e. The van der Waals surface area contributed by atoms with Crippen molar-refractivity contribution in [3.63, 3.8) is 0 Å². The maximum Gasteiger partial charge on any atom is 0.0962 e. The Bertz CT molecular complexity index is 388. The molecular weight excluding hydrogens is 226 g/mol. The van der Waals surface area contributed by atoms with Gasteiger partial charge in [-0.2, -0.15) is 0 Å². The lowest BCUT2D eigenvalue weighted by atomic mass is 9.92. The summed E-state index contributed by atoms with van der Waals surface area (Å²) < 4.78 is 1.93. The van der Waals surface area contributed by atoms with E-state index in [0.717, 1.165) is 30.7 Å². The van der Waals surface area contributed by atoms with Crippen molar-refractivity contribution >= 4 is 0 Å². The Morgan fingerprint density at radius 3 is 2.94 bits per heavy atom. The van der Waals surface area contributed by atoms with Gasteiger partial charge in [-0.3, -0.25) is 9.58 Å². The number of rotatable bonds is 4. The van der Waals surface area contributed by atoms with Gasteiger partial charge in [0.05, 0.1) is 12.2 Å². The average molecular weight is 249 g/mol. The van der Waals surface area contributed by atoms with E-state index in [1.807, 2.05) is 10.9 Å². The number of nitrogens with zero attached hydrogens (tertiary/aromatic N) is 4. The number of piperidine rings is 1. The molecule has 2 aliphatic rings. The van der Waals surface area contributed by atoms with Crippen LogP contribution in [0.15, 0.2) is 6.20 Å². The normalized spacial score (nSPS) is 28.5. The quantitative estimate of drug-likeness (QED) is 0.865. The van der Waals surface area contributed by atoms with Crippen LogP contribution in [-0.4, -0.2) is 39.0 Å². The van der Waals surface area contributed by atoms with E-state index in [9.17, 15) is 0 Å². The third-order valence-corrected chi connectivity index (χ3v) is 4.52. The Kier molecular flexibility index (Phi) is 3.61. The molecule has 2 fully saturated rings. The van der Waals surface area contributed by atoms with Gasteiger partial charge in [-0.25, -0.2) is 0 Å². The highest BCUT2D eigenvalue weighted by atomic mass is 15.4. The predicted octanol–water partition coefficient (Wildman–Crippen LogP) is 1.00. The second-order valence-corrected chi connectivity index (χ2v) is 5.61. The molecule has 1 saturated carbocycles. The molecule has 2 heterocycles. The van der Waals surface area contributed by atoms with Gasteiger partial charge in [0.15, 0.2) is 0 Å². The summed E-state index contributed by atoms with van der Waals surface area (Å²) in [5.41, 5.74) is 6.43. The largest absolute Gasteiger partial charge is 0.325 e. The van der Waals surface area contributed by atoms with Gasteiger partial charge in [-0.1, -0.05) is 11.6 Å². The molecule has 2 N–H and O–H groups in total. The van der Waals surface area contributed by atoms with Gasteiger partial charge in [0.1, 0.15) is 0 Å². The van der Waals surface area contributed by atoms with Crippen LogP contribution < -0.4 is 5.73 Å². The molecule has 2 unspecified atom stereocenters. The van der Waals surface area contributed by atoms with Crippen LogP contribution in [0.4, 0.5) is 0 Å². The van der Waals surface area contributed by atoms with E-state index in [-0.39, 0.29) is 0 Å². The van der Waals surface area contributed by atoms with Crippen molar-refractivity contribution < 1.29 is 0 Å². The summed E-state index contributed by atoms with van der Waals surface area (Å²) in [6.07, 6.45) is 9.05. The third kappa shape index (κ3) is 2.42. The highest BCUT2D eigenvalue weighted by Crippen LogP contribution is 2.36. The minimum absolute atomic E-state index is 0.481. The van der Waals surface area contributed by atoms with Crippen molar-refractivity contribution in [2.45, 2.75) is 51.2 Å². The van der Waals surface area contributed by atoms with Crippen molar-refractivity contribution in [2.24, 2.45) is 11.7 Å². The molecule has 1 saturated heterocycles. The summed E-state index contributed by atoms with van der Waals surface area (Å²) in [4.78, 5) is 2.67. The van der Waals surface area contributed by atoms with Crippen molar-refractivity contribution in [3.8, 4) is 0 Å². The first-order chi connectivity index (χ1) is 8.86. The fraction of sp³-hybridized carbons (Fsp3) is 0.846. The predicted molar refractivity (Wildman–Crippen MR) is 69.8 cm³/mol. The molecule has 0 radical (unpaired) electrons. The molecule has 18 heavy (non-hydrogen) atoms. The van der Waals surface area contributed by atoms with Gasteiger partial charge >= 0.3 is 0 Å². The number of likely N-dealkylation sites (tertiary alicyclic amines) is 1. The van der Waals surface area contributed by atoms with Crippen LogP contribution >= 0.6 is 0 Å². The van der Waals surface area contributed by atoms with Crippen LogP contribution in [0, 0.1) is 5.92 Å². The Balaban J connectivity index is 1.55. The second-order valence-electron chi connectivity index (χ2n) is 5.61. The fourth-order valence-electron chi connectivity index (χ4n) is 3.61.